The van der Waals surface area contributed by atoms with Crippen LogP contribution in [-0.2, 0) is 12.4 Å². The van der Waals surface area contributed by atoms with Crippen molar-refractivity contribution in [3.8, 4) is 11.1 Å². The second-order valence-corrected chi connectivity index (χ2v) is 53.4. The van der Waals surface area contributed by atoms with Crippen molar-refractivity contribution in [3.63, 3.8) is 0 Å². The maximum absolute atomic E-state index is 13.8. The van der Waals surface area contributed by atoms with E-state index >= 15 is 0 Å². The Balaban J connectivity index is 2.55. The Hall–Kier alpha value is -1.11. The summed E-state index contributed by atoms with van der Waals surface area (Å²) in [5.74, 6) is 0. The van der Waals surface area contributed by atoms with Gasteiger partial charge in [-0.25, -0.2) is 0 Å². The summed E-state index contributed by atoms with van der Waals surface area (Å²) in [5, 5.41) is 0. The SMILES string of the molecule is C[Si](C)(C)[Si](C1c2cc(C(F)(F)F)ccc2-c2ccc(C(F)(F)F)cc21)([Si](C)(C)C)[Si](C)(C)C. The van der Waals surface area contributed by atoms with Crippen LogP contribution in [0.25, 0.3) is 11.1 Å². The second kappa shape index (κ2) is 7.94. The highest BCUT2D eigenvalue weighted by atomic mass is 29.9. The van der Waals surface area contributed by atoms with Crippen LogP contribution in [-0.4, -0.2) is 29.4 Å². The molecule has 0 unspecified atom stereocenters. The zero-order chi connectivity index (χ0) is 26.3. The van der Waals surface area contributed by atoms with E-state index in [2.05, 4.69) is 58.9 Å². The van der Waals surface area contributed by atoms with Crippen molar-refractivity contribution in [1.82, 2.24) is 0 Å². The van der Waals surface area contributed by atoms with Gasteiger partial charge in [-0.05, 0) is 52.1 Å². The molecule has 3 rings (SSSR count). The summed E-state index contributed by atoms with van der Waals surface area (Å²) < 4.78 is 82.9. The number of benzene rings is 2. The number of fused-ring (bicyclic) bond motifs is 3. The van der Waals surface area contributed by atoms with E-state index in [0.717, 1.165) is 12.1 Å². The topological polar surface area (TPSA) is 0 Å². The van der Waals surface area contributed by atoms with Gasteiger partial charge in [-0.2, -0.15) is 26.3 Å². The number of hydrogen-bond donors (Lipinski definition) is 0. The predicted octanol–water partition coefficient (Wildman–Crippen LogP) is 9.07. The Kier molecular flexibility index (Phi) is 6.42. The molecule has 0 spiro atoms. The normalized spacial score (nSPS) is 16.0. The van der Waals surface area contributed by atoms with E-state index in [1.54, 1.807) is 0 Å². The van der Waals surface area contributed by atoms with Crippen molar-refractivity contribution in [1.29, 1.82) is 0 Å². The zero-order valence-electron chi connectivity index (χ0n) is 21.3. The van der Waals surface area contributed by atoms with E-state index in [4.69, 9.17) is 0 Å². The molecule has 10 heteroatoms. The van der Waals surface area contributed by atoms with Crippen LogP contribution in [0, 0.1) is 0 Å². The smallest absolute Gasteiger partial charge is 0.166 e. The fourth-order valence-corrected chi connectivity index (χ4v) is 110. The van der Waals surface area contributed by atoms with Crippen LogP contribution in [0.2, 0.25) is 58.9 Å². The first kappa shape index (κ1) is 27.5. The monoisotopic (exact) mass is 548 g/mol. The van der Waals surface area contributed by atoms with Crippen molar-refractivity contribution in [3.05, 3.63) is 58.7 Å². The van der Waals surface area contributed by atoms with Gasteiger partial charge in [0.1, 0.15) is 0 Å². The third-order valence-corrected chi connectivity index (χ3v) is 80.6. The molecular weight excluding hydrogens is 515 g/mol. The zero-order valence-corrected chi connectivity index (χ0v) is 25.3. The molecule has 0 nitrogen and oxygen atoms in total. The van der Waals surface area contributed by atoms with Gasteiger partial charge in [0.05, 0.1) is 17.8 Å². The minimum atomic E-state index is -4.51. The van der Waals surface area contributed by atoms with E-state index in [1.165, 1.54) is 24.3 Å². The molecule has 1 aliphatic carbocycles. The Bertz CT molecular complexity index is 999. The van der Waals surface area contributed by atoms with Crippen LogP contribution in [0.5, 0.6) is 0 Å². The molecule has 0 amide bonds. The fourth-order valence-electron chi connectivity index (χ4n) is 7.75. The first-order valence-corrected chi connectivity index (χ1v) is 27.1. The van der Waals surface area contributed by atoms with E-state index in [0.29, 0.717) is 22.3 Å². The van der Waals surface area contributed by atoms with Crippen LogP contribution in [0.4, 0.5) is 26.3 Å². The van der Waals surface area contributed by atoms with E-state index < -0.39 is 52.9 Å². The Morgan fingerprint density at radius 3 is 1.06 bits per heavy atom. The first-order chi connectivity index (χ1) is 15.0. The third-order valence-electron chi connectivity index (χ3n) is 7.65. The molecule has 0 atom stereocenters. The molecule has 0 radical (unpaired) electrons. The first-order valence-electron chi connectivity index (χ1n) is 11.5. The number of halogens is 6. The van der Waals surface area contributed by atoms with Gasteiger partial charge in [0.15, 0.2) is 0 Å². The lowest BCUT2D eigenvalue weighted by Crippen LogP contribution is -2.85. The molecule has 0 aromatic heterocycles. The number of rotatable bonds is 4. The second-order valence-electron chi connectivity index (χ2n) is 12.6. The highest BCUT2D eigenvalue weighted by Crippen LogP contribution is 2.57. The van der Waals surface area contributed by atoms with E-state index in [9.17, 15) is 26.3 Å². The summed E-state index contributed by atoms with van der Waals surface area (Å²) in [7, 11) is -6.11. The number of hydrogen-bond acceptors (Lipinski definition) is 0. The lowest BCUT2D eigenvalue weighted by Gasteiger charge is -2.61. The molecule has 0 heterocycles. The molecule has 34 heavy (non-hydrogen) atoms. The lowest BCUT2D eigenvalue weighted by atomic mass is 10.0. The van der Waals surface area contributed by atoms with E-state index in [-0.39, 0.29) is 5.54 Å². The molecular formula is C24H34F6Si4. The van der Waals surface area contributed by atoms with Crippen molar-refractivity contribution < 1.29 is 26.3 Å². The molecule has 2 aromatic rings. The van der Waals surface area contributed by atoms with E-state index in [1.807, 2.05) is 0 Å². The van der Waals surface area contributed by atoms with Crippen LogP contribution in [0.15, 0.2) is 36.4 Å². The Morgan fingerprint density at radius 2 is 0.824 bits per heavy atom. The van der Waals surface area contributed by atoms with Crippen molar-refractivity contribution in [2.24, 2.45) is 0 Å². The lowest BCUT2D eigenvalue weighted by molar-refractivity contribution is -0.138. The third kappa shape index (κ3) is 4.11. The minimum Gasteiger partial charge on any atom is -0.166 e. The summed E-state index contributed by atoms with van der Waals surface area (Å²) >= 11 is 0. The summed E-state index contributed by atoms with van der Waals surface area (Å²) in [6.45, 7) is 18.4. The Morgan fingerprint density at radius 1 is 0.529 bits per heavy atom. The van der Waals surface area contributed by atoms with Crippen LogP contribution in [0.3, 0.4) is 0 Å². The fraction of sp³-hybridized carbons (Fsp3) is 0.500. The largest absolute Gasteiger partial charge is 0.416 e. The van der Waals surface area contributed by atoms with Gasteiger partial charge in [0, 0.05) is 22.8 Å². The quantitative estimate of drug-likeness (QED) is 0.264. The van der Waals surface area contributed by atoms with Gasteiger partial charge in [-0.15, -0.1) is 0 Å². The Labute approximate surface area is 202 Å². The summed E-state index contributed by atoms with van der Waals surface area (Å²) in [6.07, 6.45) is -9.01. The van der Waals surface area contributed by atoms with Crippen molar-refractivity contribution in [2.45, 2.75) is 76.8 Å². The molecule has 0 aliphatic heterocycles. The molecule has 1 aliphatic rings. The summed E-state index contributed by atoms with van der Waals surface area (Å²) in [4.78, 5) is 0. The maximum atomic E-state index is 13.8. The molecule has 0 bridgehead atoms. The molecule has 2 aromatic carbocycles. The van der Waals surface area contributed by atoms with Gasteiger partial charge in [-0.3, -0.25) is 0 Å². The summed E-state index contributed by atoms with van der Waals surface area (Å²) in [6, 6.07) is 7.64. The predicted molar refractivity (Wildman–Crippen MR) is 140 cm³/mol. The van der Waals surface area contributed by atoms with Crippen LogP contribution in [0.1, 0.15) is 27.8 Å². The molecule has 0 saturated carbocycles. The van der Waals surface area contributed by atoms with Gasteiger partial charge in [0.2, 0.25) is 0 Å². The summed E-state index contributed by atoms with van der Waals surface area (Å²) in [5.41, 5.74) is 0.800. The average Bonchev–Trinajstić information content (AvgIpc) is 2.90. The molecule has 0 fully saturated rings. The highest BCUT2D eigenvalue weighted by Gasteiger charge is 2.67. The van der Waals surface area contributed by atoms with Crippen molar-refractivity contribution >= 4 is 29.4 Å². The number of alkyl halides is 6. The van der Waals surface area contributed by atoms with Crippen LogP contribution < -0.4 is 0 Å². The standard InChI is InChI=1S/C24H34F6Si4/c1-31(2,3)34(32(4,5)6,33(7,8)9)22-20-14-16(23(25,26)27)10-12-18(20)19-13-11-17(15-21(19)22)24(28,29)30/h10-15,22H,1-9H3. The minimum absolute atomic E-state index is 0.341. The molecule has 0 N–H and O–H groups in total. The van der Waals surface area contributed by atoms with Crippen LogP contribution >= 0.6 is 0 Å². The highest BCUT2D eigenvalue weighted by molar-refractivity contribution is 7.89. The molecule has 188 valence electrons. The van der Waals surface area contributed by atoms with Gasteiger partial charge in [-0.1, -0.05) is 71.1 Å². The van der Waals surface area contributed by atoms with Crippen molar-refractivity contribution in [2.75, 3.05) is 0 Å². The van der Waals surface area contributed by atoms with Gasteiger partial charge < -0.3 is 0 Å². The average molecular weight is 549 g/mol. The van der Waals surface area contributed by atoms with Gasteiger partial charge >= 0.3 is 12.4 Å². The van der Waals surface area contributed by atoms with Gasteiger partial charge in [0.25, 0.3) is 0 Å². The molecule has 0 saturated heterocycles. The maximum Gasteiger partial charge on any atom is 0.416 e.